The maximum Gasteiger partial charge on any atom is 0.261 e. The highest BCUT2D eigenvalue weighted by molar-refractivity contribution is 6.36. The molecule has 0 saturated heterocycles. The lowest BCUT2D eigenvalue weighted by Gasteiger charge is -2.32. The first-order chi connectivity index (χ1) is 17.3. The summed E-state index contributed by atoms with van der Waals surface area (Å²) in [6, 6.07) is 20.6. The average molecular weight is 548 g/mol. The molecule has 5 nitrogen and oxygen atoms in total. The van der Waals surface area contributed by atoms with E-state index in [0.717, 1.165) is 12.0 Å². The molecular weight excluding hydrogens is 519 g/mol. The van der Waals surface area contributed by atoms with Crippen molar-refractivity contribution in [2.75, 3.05) is 6.61 Å². The van der Waals surface area contributed by atoms with Gasteiger partial charge < -0.3 is 15.0 Å². The molecule has 0 radical (unpaired) electrons. The Morgan fingerprint density at radius 2 is 1.61 bits per heavy atom. The van der Waals surface area contributed by atoms with Crippen LogP contribution in [0.4, 0.5) is 0 Å². The topological polar surface area (TPSA) is 58.6 Å². The van der Waals surface area contributed by atoms with E-state index in [2.05, 4.69) is 5.32 Å². The van der Waals surface area contributed by atoms with Crippen molar-refractivity contribution in [2.45, 2.75) is 45.3 Å². The minimum Gasteiger partial charge on any atom is -0.484 e. The van der Waals surface area contributed by atoms with Crippen LogP contribution < -0.4 is 10.1 Å². The Labute approximate surface area is 227 Å². The molecule has 2 atom stereocenters. The monoisotopic (exact) mass is 546 g/mol. The van der Waals surface area contributed by atoms with Crippen LogP contribution >= 0.6 is 34.8 Å². The molecule has 0 aliphatic heterocycles. The highest BCUT2D eigenvalue weighted by Gasteiger charge is 2.32. The van der Waals surface area contributed by atoms with Crippen LogP contribution in [-0.2, 0) is 22.6 Å². The second-order valence-corrected chi connectivity index (χ2v) is 9.74. The lowest BCUT2D eigenvalue weighted by Crippen LogP contribution is -2.53. The molecule has 36 heavy (non-hydrogen) atoms. The molecule has 0 aromatic heterocycles. The molecule has 0 saturated carbocycles. The number of carbonyl (C=O) groups is 2. The summed E-state index contributed by atoms with van der Waals surface area (Å²) in [7, 11) is 0. The predicted octanol–water partition coefficient (Wildman–Crippen LogP) is 6.58. The van der Waals surface area contributed by atoms with Crippen LogP contribution in [0.3, 0.4) is 0 Å². The van der Waals surface area contributed by atoms with Crippen molar-refractivity contribution in [3.05, 3.63) is 99.0 Å². The quantitative estimate of drug-likeness (QED) is 0.295. The third kappa shape index (κ3) is 7.89. The summed E-state index contributed by atoms with van der Waals surface area (Å²) in [5, 5.41) is 4.35. The standard InChI is InChI=1S/C28H29Cl3N2O3/c1-3-19(2)32-28(35)26(15-20-9-5-4-6-10-20)33(17-23-24(30)13-8-14-25(23)31)27(34)18-36-22-12-7-11-21(29)16-22/h4-14,16,19,26H,3,15,17-18H2,1-2H3,(H,32,35)/t19-,26+/m1/s1. The highest BCUT2D eigenvalue weighted by atomic mass is 35.5. The summed E-state index contributed by atoms with van der Waals surface area (Å²) in [6.07, 6.45) is 1.07. The van der Waals surface area contributed by atoms with Crippen LogP contribution in [0.1, 0.15) is 31.4 Å². The summed E-state index contributed by atoms with van der Waals surface area (Å²) in [6.45, 7) is 3.67. The van der Waals surface area contributed by atoms with Crippen molar-refractivity contribution in [1.29, 1.82) is 0 Å². The largest absolute Gasteiger partial charge is 0.484 e. The fraction of sp³-hybridized carbons (Fsp3) is 0.286. The molecule has 2 amide bonds. The lowest BCUT2D eigenvalue weighted by atomic mass is 10.0. The van der Waals surface area contributed by atoms with Gasteiger partial charge in [0.2, 0.25) is 5.91 Å². The minimum atomic E-state index is -0.816. The van der Waals surface area contributed by atoms with Crippen LogP contribution in [0.15, 0.2) is 72.8 Å². The van der Waals surface area contributed by atoms with Crippen molar-refractivity contribution in [3.63, 3.8) is 0 Å². The van der Waals surface area contributed by atoms with Gasteiger partial charge >= 0.3 is 0 Å². The van der Waals surface area contributed by atoms with E-state index in [1.807, 2.05) is 44.2 Å². The fourth-order valence-electron chi connectivity index (χ4n) is 3.63. The molecule has 0 aliphatic rings. The zero-order valence-corrected chi connectivity index (χ0v) is 22.5. The van der Waals surface area contributed by atoms with Gasteiger partial charge in [-0.3, -0.25) is 9.59 Å². The van der Waals surface area contributed by atoms with Gasteiger partial charge in [-0.15, -0.1) is 0 Å². The Balaban J connectivity index is 1.96. The number of ether oxygens (including phenoxy) is 1. The van der Waals surface area contributed by atoms with Crippen molar-refractivity contribution < 1.29 is 14.3 Å². The second-order valence-electron chi connectivity index (χ2n) is 8.49. The maximum atomic E-state index is 13.6. The number of rotatable bonds is 11. The van der Waals surface area contributed by atoms with Gasteiger partial charge in [0.25, 0.3) is 5.91 Å². The number of carbonyl (C=O) groups excluding carboxylic acids is 2. The second kappa shape index (κ2) is 13.5. The summed E-state index contributed by atoms with van der Waals surface area (Å²) in [5.41, 5.74) is 1.48. The Morgan fingerprint density at radius 3 is 2.25 bits per heavy atom. The molecule has 1 N–H and O–H groups in total. The summed E-state index contributed by atoms with van der Waals surface area (Å²) in [5.74, 6) is -0.186. The van der Waals surface area contributed by atoms with Gasteiger partial charge in [0.15, 0.2) is 6.61 Å². The average Bonchev–Trinajstić information content (AvgIpc) is 2.86. The third-order valence-corrected chi connectivity index (χ3v) is 6.76. The number of halogens is 3. The number of benzene rings is 3. The number of amides is 2. The Kier molecular flexibility index (Phi) is 10.5. The molecule has 0 unspecified atom stereocenters. The van der Waals surface area contributed by atoms with E-state index in [9.17, 15) is 9.59 Å². The van der Waals surface area contributed by atoms with E-state index < -0.39 is 6.04 Å². The summed E-state index contributed by atoms with van der Waals surface area (Å²) < 4.78 is 5.74. The van der Waals surface area contributed by atoms with E-state index in [4.69, 9.17) is 39.5 Å². The first-order valence-electron chi connectivity index (χ1n) is 11.7. The SMILES string of the molecule is CC[C@@H](C)NC(=O)[C@H](Cc1ccccc1)N(Cc1c(Cl)cccc1Cl)C(=O)COc1cccc(Cl)c1. The lowest BCUT2D eigenvalue weighted by molar-refractivity contribution is -0.143. The smallest absolute Gasteiger partial charge is 0.261 e. The predicted molar refractivity (Wildman–Crippen MR) is 146 cm³/mol. The first kappa shape index (κ1) is 27.9. The van der Waals surface area contributed by atoms with Gasteiger partial charge in [0.05, 0.1) is 0 Å². The number of nitrogens with zero attached hydrogens (tertiary/aromatic N) is 1. The molecule has 0 fully saturated rings. The van der Waals surface area contributed by atoms with Crippen LogP contribution in [0.25, 0.3) is 0 Å². The van der Waals surface area contributed by atoms with Gasteiger partial charge in [-0.2, -0.15) is 0 Å². The first-order valence-corrected chi connectivity index (χ1v) is 12.9. The molecule has 190 valence electrons. The molecule has 0 bridgehead atoms. The zero-order chi connectivity index (χ0) is 26.1. The molecule has 3 aromatic carbocycles. The molecule has 3 rings (SSSR count). The third-order valence-electron chi connectivity index (χ3n) is 5.82. The Bertz CT molecular complexity index is 1150. The molecular formula is C28H29Cl3N2O3. The Morgan fingerprint density at radius 1 is 0.944 bits per heavy atom. The Hall–Kier alpha value is -2.73. The van der Waals surface area contributed by atoms with Crippen LogP contribution in [0.5, 0.6) is 5.75 Å². The van der Waals surface area contributed by atoms with E-state index in [-0.39, 0.29) is 31.0 Å². The van der Waals surface area contributed by atoms with Crippen LogP contribution in [0.2, 0.25) is 15.1 Å². The number of hydrogen-bond donors (Lipinski definition) is 1. The summed E-state index contributed by atoms with van der Waals surface area (Å²) in [4.78, 5) is 28.6. The molecule has 0 spiro atoms. The summed E-state index contributed by atoms with van der Waals surface area (Å²) >= 11 is 19.0. The normalized spacial score (nSPS) is 12.5. The van der Waals surface area contributed by atoms with Crippen LogP contribution in [0, 0.1) is 0 Å². The van der Waals surface area contributed by atoms with Gasteiger partial charge in [0, 0.05) is 39.6 Å². The van der Waals surface area contributed by atoms with E-state index in [0.29, 0.717) is 32.8 Å². The van der Waals surface area contributed by atoms with Crippen molar-refractivity contribution >= 4 is 46.6 Å². The number of nitrogens with one attached hydrogen (secondary N) is 1. The number of hydrogen-bond acceptors (Lipinski definition) is 3. The van der Waals surface area contributed by atoms with Crippen molar-refractivity contribution in [2.24, 2.45) is 0 Å². The van der Waals surface area contributed by atoms with Crippen LogP contribution in [-0.4, -0.2) is 35.4 Å². The van der Waals surface area contributed by atoms with E-state index >= 15 is 0 Å². The van der Waals surface area contributed by atoms with Gasteiger partial charge in [0.1, 0.15) is 11.8 Å². The molecule has 0 aliphatic carbocycles. The highest BCUT2D eigenvalue weighted by Crippen LogP contribution is 2.27. The van der Waals surface area contributed by atoms with E-state index in [1.165, 1.54) is 4.90 Å². The maximum absolute atomic E-state index is 13.6. The van der Waals surface area contributed by atoms with Gasteiger partial charge in [-0.1, -0.05) is 84.2 Å². The van der Waals surface area contributed by atoms with Crippen molar-refractivity contribution in [3.8, 4) is 5.75 Å². The van der Waals surface area contributed by atoms with E-state index in [1.54, 1.807) is 42.5 Å². The molecule has 3 aromatic rings. The van der Waals surface area contributed by atoms with Crippen molar-refractivity contribution in [1.82, 2.24) is 10.2 Å². The van der Waals surface area contributed by atoms with Gasteiger partial charge in [-0.05, 0) is 49.2 Å². The zero-order valence-electron chi connectivity index (χ0n) is 20.2. The fourth-order valence-corrected chi connectivity index (χ4v) is 4.33. The minimum absolute atomic E-state index is 0.0433. The van der Waals surface area contributed by atoms with Gasteiger partial charge in [-0.25, -0.2) is 0 Å². The molecule has 8 heteroatoms. The molecule has 0 heterocycles.